The molecule has 6 heteroatoms. The summed E-state index contributed by atoms with van der Waals surface area (Å²) >= 11 is 0. The Bertz CT molecular complexity index is 390. The first kappa shape index (κ1) is 14.4. The molecule has 0 spiro atoms. The molecule has 18 heavy (non-hydrogen) atoms. The van der Waals surface area contributed by atoms with Gasteiger partial charge in [-0.15, -0.1) is 0 Å². The molecule has 6 nitrogen and oxygen atoms in total. The zero-order valence-corrected chi connectivity index (χ0v) is 11.4. The number of carbonyl (C=O) groups excluding carboxylic acids is 1. The van der Waals surface area contributed by atoms with Crippen LogP contribution in [0.3, 0.4) is 0 Å². The summed E-state index contributed by atoms with van der Waals surface area (Å²) in [6, 6.07) is 0.122. The summed E-state index contributed by atoms with van der Waals surface area (Å²) in [5.41, 5.74) is 5.79. The molecule has 1 heterocycles. The third-order valence-corrected chi connectivity index (χ3v) is 2.65. The summed E-state index contributed by atoms with van der Waals surface area (Å²) < 4.78 is 0. The average molecular weight is 251 g/mol. The number of nitrogen functional groups attached to an aromatic ring is 1. The minimum absolute atomic E-state index is 0.112. The molecular formula is C12H21N5O. The summed E-state index contributed by atoms with van der Waals surface area (Å²) in [5, 5.41) is 0. The monoisotopic (exact) mass is 251 g/mol. The molecule has 1 rings (SSSR count). The van der Waals surface area contributed by atoms with E-state index in [4.69, 9.17) is 5.73 Å². The van der Waals surface area contributed by atoms with Crippen LogP contribution in [0.4, 0.5) is 5.82 Å². The molecule has 0 saturated heterocycles. The van der Waals surface area contributed by atoms with E-state index in [-0.39, 0.29) is 11.9 Å². The van der Waals surface area contributed by atoms with Crippen molar-refractivity contribution in [3.63, 3.8) is 0 Å². The molecule has 1 atom stereocenters. The fourth-order valence-corrected chi connectivity index (χ4v) is 1.88. The van der Waals surface area contributed by atoms with Gasteiger partial charge in [0, 0.05) is 19.1 Å². The number of likely N-dealkylation sites (N-methyl/N-ethyl adjacent to an activating group) is 2. The Morgan fingerprint density at radius 1 is 1.39 bits per heavy atom. The quantitative estimate of drug-likeness (QED) is 0.823. The predicted molar refractivity (Wildman–Crippen MR) is 71.2 cm³/mol. The SMILES string of the molecule is CCN(C(=O)c1cnc(N)cn1)C(C)CN(C)C. The Labute approximate surface area is 108 Å². The second-order valence-corrected chi connectivity index (χ2v) is 4.53. The van der Waals surface area contributed by atoms with Crippen molar-refractivity contribution in [2.75, 3.05) is 32.9 Å². The van der Waals surface area contributed by atoms with Gasteiger partial charge in [-0.25, -0.2) is 9.97 Å². The van der Waals surface area contributed by atoms with E-state index >= 15 is 0 Å². The van der Waals surface area contributed by atoms with Crippen molar-refractivity contribution < 1.29 is 4.79 Å². The fraction of sp³-hybridized carbons (Fsp3) is 0.583. The van der Waals surface area contributed by atoms with Crippen molar-refractivity contribution in [1.82, 2.24) is 19.8 Å². The minimum atomic E-state index is -0.112. The van der Waals surface area contributed by atoms with Crippen LogP contribution in [0.25, 0.3) is 0 Å². The Morgan fingerprint density at radius 2 is 2.06 bits per heavy atom. The smallest absolute Gasteiger partial charge is 0.274 e. The van der Waals surface area contributed by atoms with Crippen LogP contribution in [0.1, 0.15) is 24.3 Å². The number of carbonyl (C=O) groups is 1. The molecule has 0 bridgehead atoms. The van der Waals surface area contributed by atoms with Crippen LogP contribution in [0.15, 0.2) is 12.4 Å². The van der Waals surface area contributed by atoms with Gasteiger partial charge in [0.1, 0.15) is 11.5 Å². The topological polar surface area (TPSA) is 75.3 Å². The van der Waals surface area contributed by atoms with Crippen molar-refractivity contribution in [2.45, 2.75) is 19.9 Å². The van der Waals surface area contributed by atoms with Crippen LogP contribution in [-0.2, 0) is 0 Å². The zero-order chi connectivity index (χ0) is 13.7. The number of aromatic nitrogens is 2. The molecule has 1 aromatic rings. The first-order chi connectivity index (χ1) is 8.45. The van der Waals surface area contributed by atoms with Gasteiger partial charge in [-0.2, -0.15) is 0 Å². The van der Waals surface area contributed by atoms with Crippen molar-refractivity contribution in [3.8, 4) is 0 Å². The lowest BCUT2D eigenvalue weighted by Gasteiger charge is -2.29. The molecule has 2 N–H and O–H groups in total. The number of rotatable bonds is 5. The Balaban J connectivity index is 2.81. The molecule has 0 aliphatic carbocycles. The summed E-state index contributed by atoms with van der Waals surface area (Å²) in [7, 11) is 3.97. The van der Waals surface area contributed by atoms with Gasteiger partial charge in [-0.1, -0.05) is 0 Å². The van der Waals surface area contributed by atoms with Gasteiger partial charge in [0.2, 0.25) is 0 Å². The van der Waals surface area contributed by atoms with E-state index in [1.54, 1.807) is 4.90 Å². The summed E-state index contributed by atoms with van der Waals surface area (Å²) in [5.74, 6) is 0.204. The number of anilines is 1. The standard InChI is InChI=1S/C12H21N5O/c1-5-17(9(2)8-16(3)4)12(18)10-6-15-11(13)7-14-10/h6-7,9H,5,8H2,1-4H3,(H2,13,15). The van der Waals surface area contributed by atoms with E-state index < -0.39 is 0 Å². The molecule has 0 aliphatic rings. The fourth-order valence-electron chi connectivity index (χ4n) is 1.88. The maximum atomic E-state index is 12.3. The summed E-state index contributed by atoms with van der Waals surface area (Å²) in [6.07, 6.45) is 2.82. The molecule has 1 unspecified atom stereocenters. The second-order valence-electron chi connectivity index (χ2n) is 4.53. The van der Waals surface area contributed by atoms with Gasteiger partial charge >= 0.3 is 0 Å². The van der Waals surface area contributed by atoms with Crippen molar-refractivity contribution in [3.05, 3.63) is 18.1 Å². The van der Waals surface area contributed by atoms with Crippen molar-refractivity contribution in [1.29, 1.82) is 0 Å². The van der Waals surface area contributed by atoms with Crippen LogP contribution in [0, 0.1) is 0 Å². The number of nitrogens with zero attached hydrogens (tertiary/aromatic N) is 4. The highest BCUT2D eigenvalue weighted by molar-refractivity contribution is 5.92. The van der Waals surface area contributed by atoms with Crippen LogP contribution in [-0.4, -0.2) is 58.9 Å². The van der Waals surface area contributed by atoms with Crippen LogP contribution < -0.4 is 5.73 Å². The highest BCUT2D eigenvalue weighted by atomic mass is 16.2. The molecule has 0 aliphatic heterocycles. The normalized spacial score (nSPS) is 12.5. The Morgan fingerprint density at radius 3 is 2.50 bits per heavy atom. The van der Waals surface area contributed by atoms with Gasteiger partial charge in [-0.05, 0) is 27.9 Å². The molecule has 100 valence electrons. The van der Waals surface area contributed by atoms with Crippen molar-refractivity contribution >= 4 is 11.7 Å². The molecule has 0 radical (unpaired) electrons. The van der Waals surface area contributed by atoms with Crippen LogP contribution in [0.5, 0.6) is 0 Å². The van der Waals surface area contributed by atoms with Gasteiger partial charge < -0.3 is 15.5 Å². The zero-order valence-electron chi connectivity index (χ0n) is 11.4. The largest absolute Gasteiger partial charge is 0.382 e. The van der Waals surface area contributed by atoms with Gasteiger partial charge in [0.15, 0.2) is 0 Å². The lowest BCUT2D eigenvalue weighted by atomic mass is 10.2. The van der Waals surface area contributed by atoms with Gasteiger partial charge in [-0.3, -0.25) is 4.79 Å². The van der Waals surface area contributed by atoms with E-state index in [1.165, 1.54) is 12.4 Å². The highest BCUT2D eigenvalue weighted by Crippen LogP contribution is 2.07. The molecule has 0 saturated carbocycles. The highest BCUT2D eigenvalue weighted by Gasteiger charge is 2.21. The van der Waals surface area contributed by atoms with E-state index in [0.29, 0.717) is 18.1 Å². The van der Waals surface area contributed by atoms with Crippen LogP contribution in [0.2, 0.25) is 0 Å². The van der Waals surface area contributed by atoms with Crippen molar-refractivity contribution in [2.24, 2.45) is 0 Å². The van der Waals surface area contributed by atoms with Crippen LogP contribution >= 0.6 is 0 Å². The Kier molecular flexibility index (Phi) is 5.03. The first-order valence-corrected chi connectivity index (χ1v) is 5.99. The van der Waals surface area contributed by atoms with E-state index in [0.717, 1.165) is 6.54 Å². The molecule has 0 fully saturated rings. The molecule has 1 amide bonds. The molecule has 0 aromatic carbocycles. The van der Waals surface area contributed by atoms with E-state index in [1.807, 2.05) is 27.9 Å². The number of hydrogen-bond acceptors (Lipinski definition) is 5. The Hall–Kier alpha value is -1.69. The predicted octanol–water partition coefficient (Wildman–Crippen LogP) is 0.471. The van der Waals surface area contributed by atoms with E-state index in [9.17, 15) is 4.79 Å². The summed E-state index contributed by atoms with van der Waals surface area (Å²) in [4.78, 5) is 24.0. The van der Waals surface area contributed by atoms with Gasteiger partial charge in [0.25, 0.3) is 5.91 Å². The molecule has 1 aromatic heterocycles. The lowest BCUT2D eigenvalue weighted by molar-refractivity contribution is 0.0672. The summed E-state index contributed by atoms with van der Waals surface area (Å²) in [6.45, 7) is 5.42. The first-order valence-electron chi connectivity index (χ1n) is 5.99. The third kappa shape index (κ3) is 3.66. The minimum Gasteiger partial charge on any atom is -0.382 e. The maximum absolute atomic E-state index is 12.3. The van der Waals surface area contributed by atoms with Gasteiger partial charge in [0.05, 0.1) is 12.4 Å². The third-order valence-electron chi connectivity index (χ3n) is 2.65. The average Bonchev–Trinajstić information content (AvgIpc) is 2.29. The van der Waals surface area contributed by atoms with E-state index in [2.05, 4.69) is 14.9 Å². The number of hydrogen-bond donors (Lipinski definition) is 1. The lowest BCUT2D eigenvalue weighted by Crippen LogP contribution is -2.44. The number of amides is 1. The molecular weight excluding hydrogens is 230 g/mol. The maximum Gasteiger partial charge on any atom is 0.274 e. The second kappa shape index (κ2) is 6.30. The number of nitrogens with two attached hydrogens (primary N) is 1.